The lowest BCUT2D eigenvalue weighted by Gasteiger charge is -1.99. The molecule has 0 unspecified atom stereocenters. The van der Waals surface area contributed by atoms with Gasteiger partial charge in [-0.2, -0.15) is 0 Å². The Bertz CT molecular complexity index is 576. The zero-order valence-electron chi connectivity index (χ0n) is 8.95. The largest absolute Gasteiger partial charge is 0.455 e. The third kappa shape index (κ3) is 2.18. The molecule has 0 radical (unpaired) electrons. The molecule has 5 heteroatoms. The molecule has 0 bridgehead atoms. The molecule has 0 spiro atoms. The van der Waals surface area contributed by atoms with Crippen molar-refractivity contribution in [1.29, 1.82) is 0 Å². The first-order valence-electron chi connectivity index (χ1n) is 4.86. The summed E-state index contributed by atoms with van der Waals surface area (Å²) in [4.78, 5) is 0. The average Bonchev–Trinajstić information content (AvgIpc) is 2.77. The van der Waals surface area contributed by atoms with Crippen molar-refractivity contribution in [3.63, 3.8) is 0 Å². The number of benzene rings is 1. The van der Waals surface area contributed by atoms with Crippen LogP contribution in [0.3, 0.4) is 0 Å². The molecule has 0 fully saturated rings. The van der Waals surface area contributed by atoms with E-state index in [0.717, 1.165) is 12.1 Å². The van der Waals surface area contributed by atoms with E-state index in [9.17, 15) is 8.78 Å². The molecule has 1 aromatic carbocycles. The predicted molar refractivity (Wildman–Crippen MR) is 58.1 cm³/mol. The fourth-order valence-electron chi connectivity index (χ4n) is 1.42. The van der Waals surface area contributed by atoms with Gasteiger partial charge in [-0.15, -0.1) is 0 Å². The summed E-state index contributed by atoms with van der Waals surface area (Å²) >= 11 is 0. The van der Waals surface area contributed by atoms with Crippen LogP contribution in [0.1, 0.15) is 12.7 Å². The summed E-state index contributed by atoms with van der Waals surface area (Å²) in [5.41, 5.74) is 0.433. The lowest BCUT2D eigenvalue weighted by molar-refractivity contribution is 0.317. The smallest absolute Gasteiger partial charge is 0.152 e. The Hall–Kier alpha value is -2.17. The Morgan fingerprint density at radius 1 is 1.24 bits per heavy atom. The number of oxime groups is 1. The molecule has 2 rings (SSSR count). The van der Waals surface area contributed by atoms with E-state index in [0.29, 0.717) is 5.76 Å². The Morgan fingerprint density at radius 3 is 2.65 bits per heavy atom. The highest BCUT2D eigenvalue weighted by Crippen LogP contribution is 2.25. The maximum atomic E-state index is 13.4. The maximum Gasteiger partial charge on any atom is 0.152 e. The van der Waals surface area contributed by atoms with E-state index in [1.54, 1.807) is 13.0 Å². The van der Waals surface area contributed by atoms with Crippen molar-refractivity contribution < 1.29 is 18.4 Å². The van der Waals surface area contributed by atoms with Crippen molar-refractivity contribution in [2.24, 2.45) is 5.16 Å². The van der Waals surface area contributed by atoms with Gasteiger partial charge in [0.15, 0.2) is 5.76 Å². The molecule has 0 saturated carbocycles. The van der Waals surface area contributed by atoms with Crippen molar-refractivity contribution in [3.8, 4) is 11.3 Å². The van der Waals surface area contributed by atoms with Gasteiger partial charge in [0.1, 0.15) is 23.1 Å². The van der Waals surface area contributed by atoms with Crippen molar-refractivity contribution in [1.82, 2.24) is 0 Å². The first-order chi connectivity index (χ1) is 8.11. The highest BCUT2D eigenvalue weighted by molar-refractivity contribution is 5.96. The Kier molecular flexibility index (Phi) is 2.91. The quantitative estimate of drug-likeness (QED) is 0.494. The number of hydrogen-bond donors (Lipinski definition) is 1. The van der Waals surface area contributed by atoms with Crippen LogP contribution in [0, 0.1) is 11.6 Å². The standard InChI is InChI=1S/C12H9F2NO2/c1-7(15-16)11-4-5-12(17-11)9-3-2-8(13)6-10(9)14/h2-6,16H,1H3/b15-7+. The Labute approximate surface area is 96.0 Å². The SMILES string of the molecule is C/C(=N\O)c1ccc(-c2ccc(F)cc2F)o1. The summed E-state index contributed by atoms with van der Waals surface area (Å²) in [5, 5.41) is 11.5. The molecule has 1 aromatic heterocycles. The predicted octanol–water partition coefficient (Wildman–Crippen LogP) is 3.42. The van der Waals surface area contributed by atoms with Crippen LogP contribution in [0.5, 0.6) is 0 Å². The van der Waals surface area contributed by atoms with Crippen LogP contribution < -0.4 is 0 Å². The zero-order chi connectivity index (χ0) is 12.4. The number of hydrogen-bond acceptors (Lipinski definition) is 3. The van der Waals surface area contributed by atoms with Crippen LogP contribution >= 0.6 is 0 Å². The minimum atomic E-state index is -0.704. The van der Waals surface area contributed by atoms with Crippen LogP contribution in [0.2, 0.25) is 0 Å². The fraction of sp³-hybridized carbons (Fsp3) is 0.0833. The molecule has 0 aliphatic rings. The minimum Gasteiger partial charge on any atom is -0.455 e. The first kappa shape index (κ1) is 11.3. The third-order valence-corrected chi connectivity index (χ3v) is 2.31. The van der Waals surface area contributed by atoms with E-state index in [1.165, 1.54) is 12.1 Å². The van der Waals surface area contributed by atoms with E-state index in [1.807, 2.05) is 0 Å². The van der Waals surface area contributed by atoms with E-state index in [-0.39, 0.29) is 17.0 Å². The van der Waals surface area contributed by atoms with Gasteiger partial charge >= 0.3 is 0 Å². The van der Waals surface area contributed by atoms with Gasteiger partial charge < -0.3 is 9.62 Å². The third-order valence-electron chi connectivity index (χ3n) is 2.31. The average molecular weight is 237 g/mol. The van der Waals surface area contributed by atoms with Crippen molar-refractivity contribution in [2.75, 3.05) is 0 Å². The summed E-state index contributed by atoms with van der Waals surface area (Å²) in [6, 6.07) is 6.30. The second kappa shape index (κ2) is 4.37. The van der Waals surface area contributed by atoms with Crippen LogP contribution in [0.15, 0.2) is 39.9 Å². The molecule has 1 N–H and O–H groups in total. The Morgan fingerprint density at radius 2 is 2.00 bits per heavy atom. The molecule has 0 amide bonds. The molecular formula is C12H9F2NO2. The highest BCUT2D eigenvalue weighted by atomic mass is 19.1. The second-order valence-electron chi connectivity index (χ2n) is 3.47. The number of furan rings is 1. The summed E-state index contributed by atoms with van der Waals surface area (Å²) < 4.78 is 31.5. The first-order valence-corrected chi connectivity index (χ1v) is 4.86. The van der Waals surface area contributed by atoms with Crippen LogP contribution in [-0.4, -0.2) is 10.9 Å². The highest BCUT2D eigenvalue weighted by Gasteiger charge is 2.11. The van der Waals surface area contributed by atoms with Gasteiger partial charge in [-0.1, -0.05) is 5.16 Å². The molecule has 88 valence electrons. The van der Waals surface area contributed by atoms with Gasteiger partial charge in [0.2, 0.25) is 0 Å². The summed E-state index contributed by atoms with van der Waals surface area (Å²) in [6.45, 7) is 1.55. The van der Waals surface area contributed by atoms with E-state index < -0.39 is 11.6 Å². The van der Waals surface area contributed by atoms with Crippen LogP contribution in [0.25, 0.3) is 11.3 Å². The van der Waals surface area contributed by atoms with E-state index >= 15 is 0 Å². The summed E-state index contributed by atoms with van der Waals surface area (Å²) in [5.74, 6) is -0.776. The maximum absolute atomic E-state index is 13.4. The molecule has 3 nitrogen and oxygen atoms in total. The molecule has 0 saturated heterocycles. The van der Waals surface area contributed by atoms with Crippen LogP contribution in [-0.2, 0) is 0 Å². The fourth-order valence-corrected chi connectivity index (χ4v) is 1.42. The second-order valence-corrected chi connectivity index (χ2v) is 3.47. The number of halogens is 2. The molecular weight excluding hydrogens is 228 g/mol. The number of nitrogens with zero attached hydrogens (tertiary/aromatic N) is 1. The van der Waals surface area contributed by atoms with E-state index in [2.05, 4.69) is 5.16 Å². The molecule has 2 aromatic rings. The Balaban J connectivity index is 2.44. The van der Waals surface area contributed by atoms with E-state index in [4.69, 9.17) is 9.62 Å². The topological polar surface area (TPSA) is 45.7 Å². The molecule has 0 aliphatic heterocycles. The van der Waals surface area contributed by atoms with Crippen molar-refractivity contribution in [2.45, 2.75) is 6.92 Å². The molecule has 0 aliphatic carbocycles. The van der Waals surface area contributed by atoms with Gasteiger partial charge in [0.05, 0.1) is 5.56 Å². The molecule has 17 heavy (non-hydrogen) atoms. The van der Waals surface area contributed by atoms with Gasteiger partial charge in [-0.3, -0.25) is 0 Å². The minimum absolute atomic E-state index is 0.156. The van der Waals surface area contributed by atoms with Gasteiger partial charge in [-0.05, 0) is 31.2 Å². The van der Waals surface area contributed by atoms with Gasteiger partial charge in [-0.25, -0.2) is 8.78 Å². The molecule has 0 atom stereocenters. The van der Waals surface area contributed by atoms with Crippen molar-refractivity contribution >= 4 is 5.71 Å². The van der Waals surface area contributed by atoms with Crippen LogP contribution in [0.4, 0.5) is 8.78 Å². The van der Waals surface area contributed by atoms with Gasteiger partial charge in [0, 0.05) is 6.07 Å². The summed E-state index contributed by atoms with van der Waals surface area (Å²) in [6.07, 6.45) is 0. The number of rotatable bonds is 2. The summed E-state index contributed by atoms with van der Waals surface area (Å²) in [7, 11) is 0. The van der Waals surface area contributed by atoms with Crippen molar-refractivity contribution in [3.05, 3.63) is 47.7 Å². The normalized spacial score (nSPS) is 11.8. The van der Waals surface area contributed by atoms with Gasteiger partial charge in [0.25, 0.3) is 0 Å². The zero-order valence-corrected chi connectivity index (χ0v) is 8.95. The lowest BCUT2D eigenvalue weighted by Crippen LogP contribution is -1.90. The molecule has 1 heterocycles. The lowest BCUT2D eigenvalue weighted by atomic mass is 10.1. The monoisotopic (exact) mass is 237 g/mol.